The zero-order chi connectivity index (χ0) is 16.4. The van der Waals surface area contributed by atoms with Crippen LogP contribution in [-0.4, -0.2) is 17.0 Å². The van der Waals surface area contributed by atoms with E-state index in [1.807, 2.05) is 63.4 Å². The van der Waals surface area contributed by atoms with Crippen LogP contribution in [0, 0.1) is 6.92 Å². The van der Waals surface area contributed by atoms with Crippen molar-refractivity contribution in [3.05, 3.63) is 59.9 Å². The third-order valence-corrected chi connectivity index (χ3v) is 4.20. The minimum absolute atomic E-state index is 0. The first-order valence-corrected chi connectivity index (χ1v) is 7.81. The van der Waals surface area contributed by atoms with Crippen LogP contribution in [-0.2, 0) is 13.6 Å². The van der Waals surface area contributed by atoms with Gasteiger partial charge in [0.05, 0.1) is 13.7 Å². The molecule has 1 aromatic heterocycles. The van der Waals surface area contributed by atoms with Crippen molar-refractivity contribution in [1.82, 2.24) is 4.57 Å². The van der Waals surface area contributed by atoms with E-state index in [0.29, 0.717) is 18.7 Å². The van der Waals surface area contributed by atoms with Gasteiger partial charge in [-0.3, -0.25) is 4.79 Å². The molecular weight excluding hydrogens is 368 g/mol. The number of ether oxygens (including phenoxy) is 1. The van der Waals surface area contributed by atoms with Gasteiger partial charge in [-0.25, -0.2) is 9.13 Å². The van der Waals surface area contributed by atoms with E-state index < -0.39 is 0 Å². The summed E-state index contributed by atoms with van der Waals surface area (Å²) in [5.74, 6) is 1.95. The molecule has 0 saturated heterocycles. The van der Waals surface area contributed by atoms with Crippen LogP contribution in [0.1, 0.15) is 23.1 Å². The number of aryl methyl sites for hydroxylation is 1. The molecule has 0 aliphatic carbocycles. The van der Waals surface area contributed by atoms with Gasteiger partial charge in [0.25, 0.3) is 5.82 Å². The minimum Gasteiger partial charge on any atom is -1.00 e. The van der Waals surface area contributed by atoms with Crippen LogP contribution in [0.5, 0.6) is 5.75 Å². The highest BCUT2D eigenvalue weighted by Gasteiger charge is 2.21. The molecule has 3 aromatic rings. The molecule has 0 saturated carbocycles. The third-order valence-electron chi connectivity index (χ3n) is 4.20. The van der Waals surface area contributed by atoms with Gasteiger partial charge < -0.3 is 21.7 Å². The quantitative estimate of drug-likeness (QED) is 0.457. The Balaban J connectivity index is 0.00000208. The van der Waals surface area contributed by atoms with E-state index >= 15 is 0 Å². The summed E-state index contributed by atoms with van der Waals surface area (Å²) >= 11 is 0. The average molecular weight is 389 g/mol. The topological polar surface area (TPSA) is 35.1 Å². The molecule has 0 spiro atoms. The Hall–Kier alpha value is -2.14. The van der Waals surface area contributed by atoms with Crippen molar-refractivity contribution in [3.63, 3.8) is 0 Å². The van der Waals surface area contributed by atoms with Crippen LogP contribution in [0.15, 0.2) is 48.5 Å². The fourth-order valence-corrected chi connectivity index (χ4v) is 2.84. The minimum atomic E-state index is 0. The highest BCUT2D eigenvalue weighted by Crippen LogP contribution is 2.16. The summed E-state index contributed by atoms with van der Waals surface area (Å²) in [5.41, 5.74) is 2.91. The number of imidazole rings is 1. The van der Waals surface area contributed by atoms with Crippen molar-refractivity contribution in [2.75, 3.05) is 6.61 Å². The van der Waals surface area contributed by atoms with Crippen molar-refractivity contribution >= 4 is 16.8 Å². The van der Waals surface area contributed by atoms with E-state index in [0.717, 1.165) is 22.6 Å². The highest BCUT2D eigenvalue weighted by molar-refractivity contribution is 5.96. The van der Waals surface area contributed by atoms with Gasteiger partial charge in [0.15, 0.2) is 17.6 Å². The van der Waals surface area contributed by atoms with Crippen molar-refractivity contribution in [3.8, 4) is 5.75 Å². The maximum Gasteiger partial charge on any atom is 0.254 e. The molecule has 0 radical (unpaired) electrons. The predicted molar refractivity (Wildman–Crippen MR) is 89.8 cm³/mol. The molecule has 0 aliphatic rings. The summed E-state index contributed by atoms with van der Waals surface area (Å²) in [5, 5.41) is 0. The molecule has 5 heteroatoms. The second-order valence-electron chi connectivity index (χ2n) is 5.56. The van der Waals surface area contributed by atoms with Crippen LogP contribution in [0.4, 0.5) is 0 Å². The zero-order valence-corrected chi connectivity index (χ0v) is 15.7. The first kappa shape index (κ1) is 18.2. The van der Waals surface area contributed by atoms with Crippen LogP contribution < -0.4 is 26.3 Å². The van der Waals surface area contributed by atoms with Gasteiger partial charge in [-0.1, -0.05) is 12.1 Å². The summed E-state index contributed by atoms with van der Waals surface area (Å²) in [4.78, 5) is 12.6. The van der Waals surface area contributed by atoms with E-state index in [4.69, 9.17) is 4.74 Å². The fourth-order valence-electron chi connectivity index (χ4n) is 2.84. The summed E-state index contributed by atoms with van der Waals surface area (Å²) in [6, 6.07) is 15.5. The Bertz CT molecular complexity index is 854. The smallest absolute Gasteiger partial charge is 0.254 e. The maximum atomic E-state index is 12.6. The molecular formula is C19H21BrN2O2. The summed E-state index contributed by atoms with van der Waals surface area (Å²) in [6.07, 6.45) is 0. The van der Waals surface area contributed by atoms with E-state index in [2.05, 4.69) is 15.2 Å². The zero-order valence-electron chi connectivity index (χ0n) is 14.1. The number of carbonyl (C=O) groups excluding carboxylic acids is 1. The summed E-state index contributed by atoms with van der Waals surface area (Å²) in [6.45, 7) is 4.93. The lowest BCUT2D eigenvalue weighted by Crippen LogP contribution is -3.00. The number of hydrogen-bond acceptors (Lipinski definition) is 2. The van der Waals surface area contributed by atoms with Crippen molar-refractivity contribution in [2.45, 2.75) is 20.4 Å². The van der Waals surface area contributed by atoms with E-state index in [9.17, 15) is 4.79 Å². The molecule has 2 aromatic carbocycles. The number of ketones is 1. The Morgan fingerprint density at radius 3 is 2.46 bits per heavy atom. The van der Waals surface area contributed by atoms with Crippen molar-refractivity contribution in [1.29, 1.82) is 0 Å². The van der Waals surface area contributed by atoms with E-state index in [1.54, 1.807) is 0 Å². The molecule has 0 unspecified atom stereocenters. The number of halogens is 1. The molecule has 0 amide bonds. The number of fused-ring (bicyclic) bond motifs is 1. The second kappa shape index (κ2) is 7.62. The number of benzene rings is 2. The van der Waals surface area contributed by atoms with Crippen LogP contribution in [0.25, 0.3) is 11.0 Å². The molecule has 1 heterocycles. The van der Waals surface area contributed by atoms with Gasteiger partial charge in [0.2, 0.25) is 5.78 Å². The number of nitrogens with zero attached hydrogens (tertiary/aromatic N) is 2. The Morgan fingerprint density at radius 1 is 1.12 bits per heavy atom. The second-order valence-corrected chi connectivity index (χ2v) is 5.56. The van der Waals surface area contributed by atoms with Crippen LogP contribution >= 0.6 is 0 Å². The fraction of sp³-hybridized carbons (Fsp3) is 0.263. The maximum absolute atomic E-state index is 12.6. The van der Waals surface area contributed by atoms with Crippen LogP contribution in [0.2, 0.25) is 0 Å². The van der Waals surface area contributed by atoms with Gasteiger partial charge in [0, 0.05) is 12.5 Å². The molecule has 0 atom stereocenters. The van der Waals surface area contributed by atoms with Crippen molar-refractivity contribution in [2.24, 2.45) is 7.05 Å². The lowest BCUT2D eigenvalue weighted by molar-refractivity contribution is -0.652. The molecule has 24 heavy (non-hydrogen) atoms. The van der Waals surface area contributed by atoms with Crippen LogP contribution in [0.3, 0.4) is 0 Å². The number of rotatable bonds is 5. The van der Waals surface area contributed by atoms with Gasteiger partial charge in [0.1, 0.15) is 5.75 Å². The number of aromatic nitrogens is 2. The first-order chi connectivity index (χ1) is 11.1. The largest absolute Gasteiger partial charge is 1.00 e. The van der Waals surface area contributed by atoms with Gasteiger partial charge in [-0.15, -0.1) is 0 Å². The number of carbonyl (C=O) groups is 1. The normalized spacial score (nSPS) is 10.5. The number of Topliss-reactive ketones (excluding diaryl/α,β-unsaturated/α-hetero) is 1. The van der Waals surface area contributed by atoms with Crippen molar-refractivity contribution < 1.29 is 31.1 Å². The number of para-hydroxylation sites is 2. The van der Waals surface area contributed by atoms with Gasteiger partial charge >= 0.3 is 0 Å². The molecule has 3 rings (SSSR count). The highest BCUT2D eigenvalue weighted by atomic mass is 79.9. The predicted octanol–water partition coefficient (Wildman–Crippen LogP) is 0.0598. The third kappa shape index (κ3) is 3.36. The Morgan fingerprint density at radius 2 is 1.79 bits per heavy atom. The Labute approximate surface area is 152 Å². The molecule has 0 bridgehead atoms. The average Bonchev–Trinajstić information content (AvgIpc) is 2.81. The standard InChI is InChI=1S/C19H21N2O2.BrH/c1-4-23-16-11-9-15(10-12-16)19(22)13-21-14(2)20(3)17-7-5-6-8-18(17)21;/h5-12H,4,13H2,1-3H3;1H/q+1;/p-1. The summed E-state index contributed by atoms with van der Waals surface area (Å²) in [7, 11) is 2.02. The molecule has 4 nitrogen and oxygen atoms in total. The van der Waals surface area contributed by atoms with E-state index in [1.165, 1.54) is 0 Å². The van der Waals surface area contributed by atoms with Gasteiger partial charge in [-0.05, 0) is 43.3 Å². The molecule has 126 valence electrons. The summed E-state index contributed by atoms with van der Waals surface area (Å²) < 4.78 is 9.59. The Kier molecular flexibility index (Phi) is 5.78. The van der Waals surface area contributed by atoms with E-state index in [-0.39, 0.29) is 22.8 Å². The lowest BCUT2D eigenvalue weighted by atomic mass is 10.1. The molecule has 0 aliphatic heterocycles. The molecule has 0 fully saturated rings. The lowest BCUT2D eigenvalue weighted by Gasteiger charge is -2.04. The number of hydrogen-bond donors (Lipinski definition) is 0. The monoisotopic (exact) mass is 388 g/mol. The van der Waals surface area contributed by atoms with Gasteiger partial charge in [-0.2, -0.15) is 0 Å². The first-order valence-electron chi connectivity index (χ1n) is 7.81. The molecule has 0 N–H and O–H groups in total. The SMILES string of the molecule is CCOc1ccc(C(=O)Cn2c(C)[n+](C)c3ccccc32)cc1.[Br-].